The zero-order valence-electron chi connectivity index (χ0n) is 16.7. The highest BCUT2D eigenvalue weighted by Crippen LogP contribution is 2.23. The predicted molar refractivity (Wildman–Crippen MR) is 125 cm³/mol. The van der Waals surface area contributed by atoms with Crippen LogP contribution in [0.2, 0.25) is 15.1 Å². The summed E-state index contributed by atoms with van der Waals surface area (Å²) in [5, 5.41) is 5.03. The fourth-order valence-corrected chi connectivity index (χ4v) is 3.20. The molecule has 9 heteroatoms. The van der Waals surface area contributed by atoms with Crippen LogP contribution in [0.25, 0.3) is 0 Å². The maximum Gasteiger partial charge on any atom is 0.345 e. The molecule has 1 amide bonds. The van der Waals surface area contributed by atoms with E-state index in [9.17, 15) is 9.59 Å². The Morgan fingerprint density at radius 3 is 2.41 bits per heavy atom. The zero-order chi connectivity index (χ0) is 23.1. The number of carbonyl (C=O) groups excluding carboxylic acids is 2. The summed E-state index contributed by atoms with van der Waals surface area (Å²) in [6, 6.07) is 17.8. The van der Waals surface area contributed by atoms with Crippen molar-refractivity contribution in [3.05, 3.63) is 92.9 Å². The van der Waals surface area contributed by atoms with Gasteiger partial charge in [-0.15, -0.1) is 0 Å². The van der Waals surface area contributed by atoms with Crippen LogP contribution in [0, 0.1) is 0 Å². The second kappa shape index (κ2) is 11.0. The number of amides is 1. The van der Waals surface area contributed by atoms with Crippen molar-refractivity contribution in [1.29, 1.82) is 0 Å². The van der Waals surface area contributed by atoms with Crippen molar-refractivity contribution in [3.8, 4) is 11.5 Å². The van der Waals surface area contributed by atoms with E-state index >= 15 is 0 Å². The molecule has 0 saturated carbocycles. The second-order valence-electron chi connectivity index (χ2n) is 6.54. The molecular formula is C23H17Cl3N2O4. The lowest BCUT2D eigenvalue weighted by molar-refractivity contribution is -0.127. The van der Waals surface area contributed by atoms with E-state index in [1.165, 1.54) is 18.3 Å². The van der Waals surface area contributed by atoms with Crippen molar-refractivity contribution < 1.29 is 19.1 Å². The summed E-state index contributed by atoms with van der Waals surface area (Å²) in [6.45, 7) is 1.59. The Kier molecular flexibility index (Phi) is 8.11. The summed E-state index contributed by atoms with van der Waals surface area (Å²) in [5.74, 6) is -0.310. The van der Waals surface area contributed by atoms with Gasteiger partial charge in [-0.25, -0.2) is 10.2 Å². The SMILES string of the molecule is CC(Oc1cccc(Cl)c1)C(=O)N/N=C/c1cccc(OC(=O)c2ccc(Cl)cc2Cl)c1. The fraction of sp³-hybridized carbons (Fsp3) is 0.0870. The minimum absolute atomic E-state index is 0.191. The minimum atomic E-state index is -0.790. The van der Waals surface area contributed by atoms with E-state index in [4.69, 9.17) is 44.3 Å². The Hall–Kier alpha value is -3.06. The number of hydrogen-bond donors (Lipinski definition) is 1. The monoisotopic (exact) mass is 490 g/mol. The van der Waals surface area contributed by atoms with Gasteiger partial charge >= 0.3 is 5.97 Å². The number of hydrazone groups is 1. The van der Waals surface area contributed by atoms with Gasteiger partial charge in [-0.2, -0.15) is 5.10 Å². The molecule has 3 aromatic rings. The Balaban J connectivity index is 1.57. The number of nitrogens with one attached hydrogen (secondary N) is 1. The number of halogens is 3. The fourth-order valence-electron chi connectivity index (χ4n) is 2.53. The van der Waals surface area contributed by atoms with Gasteiger partial charge in [0.05, 0.1) is 16.8 Å². The molecule has 6 nitrogen and oxygen atoms in total. The van der Waals surface area contributed by atoms with Gasteiger partial charge in [-0.05, 0) is 61.0 Å². The summed E-state index contributed by atoms with van der Waals surface area (Å²) in [6.07, 6.45) is 0.624. The number of esters is 1. The summed E-state index contributed by atoms with van der Waals surface area (Å²) in [7, 11) is 0. The number of nitrogens with zero attached hydrogens (tertiary/aromatic N) is 1. The Labute approximate surface area is 199 Å². The molecule has 0 spiro atoms. The minimum Gasteiger partial charge on any atom is -0.481 e. The summed E-state index contributed by atoms with van der Waals surface area (Å²) in [5.41, 5.74) is 3.19. The van der Waals surface area contributed by atoms with Crippen molar-refractivity contribution >= 4 is 52.9 Å². The normalized spacial score (nSPS) is 11.8. The van der Waals surface area contributed by atoms with Crippen LogP contribution in [0.4, 0.5) is 0 Å². The molecule has 32 heavy (non-hydrogen) atoms. The van der Waals surface area contributed by atoms with Gasteiger partial charge in [0.15, 0.2) is 6.10 Å². The van der Waals surface area contributed by atoms with Crippen LogP contribution in [0.3, 0.4) is 0 Å². The van der Waals surface area contributed by atoms with E-state index < -0.39 is 18.0 Å². The Bertz CT molecular complexity index is 1170. The van der Waals surface area contributed by atoms with E-state index in [0.717, 1.165) is 0 Å². The largest absolute Gasteiger partial charge is 0.481 e. The first-order chi connectivity index (χ1) is 15.3. The molecule has 0 bridgehead atoms. The van der Waals surface area contributed by atoms with Crippen LogP contribution in [0.1, 0.15) is 22.8 Å². The molecular weight excluding hydrogens is 475 g/mol. The van der Waals surface area contributed by atoms with Crippen molar-refractivity contribution in [3.63, 3.8) is 0 Å². The van der Waals surface area contributed by atoms with Crippen molar-refractivity contribution in [2.45, 2.75) is 13.0 Å². The third-order valence-electron chi connectivity index (χ3n) is 4.09. The van der Waals surface area contributed by atoms with Crippen LogP contribution < -0.4 is 14.9 Å². The van der Waals surface area contributed by atoms with Gasteiger partial charge in [0.25, 0.3) is 5.91 Å². The second-order valence-corrected chi connectivity index (χ2v) is 7.82. The maximum atomic E-state index is 12.3. The van der Waals surface area contributed by atoms with Gasteiger partial charge < -0.3 is 9.47 Å². The first-order valence-corrected chi connectivity index (χ1v) is 10.5. The first-order valence-electron chi connectivity index (χ1n) is 9.34. The summed E-state index contributed by atoms with van der Waals surface area (Å²) >= 11 is 17.8. The summed E-state index contributed by atoms with van der Waals surface area (Å²) in [4.78, 5) is 24.5. The van der Waals surface area contributed by atoms with Crippen LogP contribution in [0.15, 0.2) is 71.8 Å². The first kappa shape index (κ1) is 23.6. The van der Waals surface area contributed by atoms with Gasteiger partial charge in [0.2, 0.25) is 0 Å². The van der Waals surface area contributed by atoms with E-state index in [2.05, 4.69) is 10.5 Å². The van der Waals surface area contributed by atoms with Crippen LogP contribution in [-0.2, 0) is 4.79 Å². The van der Waals surface area contributed by atoms with Gasteiger partial charge in [0.1, 0.15) is 11.5 Å². The highest BCUT2D eigenvalue weighted by Gasteiger charge is 2.15. The topological polar surface area (TPSA) is 77.0 Å². The van der Waals surface area contributed by atoms with Crippen LogP contribution in [-0.4, -0.2) is 24.2 Å². The standard InChI is InChI=1S/C23H17Cl3N2O4/c1-14(31-19-7-3-5-16(24)11-19)22(29)28-27-13-15-4-2-6-18(10-15)32-23(30)20-9-8-17(25)12-21(20)26/h2-14H,1H3,(H,28,29)/b27-13+. The molecule has 0 aliphatic heterocycles. The molecule has 1 atom stereocenters. The lowest BCUT2D eigenvalue weighted by Gasteiger charge is -2.12. The molecule has 0 radical (unpaired) electrons. The van der Waals surface area contributed by atoms with Crippen molar-refractivity contribution in [2.24, 2.45) is 5.10 Å². The van der Waals surface area contributed by atoms with E-state index in [1.54, 1.807) is 61.5 Å². The summed E-state index contributed by atoms with van der Waals surface area (Å²) < 4.78 is 10.9. The predicted octanol–water partition coefficient (Wildman–Crippen LogP) is 5.78. The average molecular weight is 492 g/mol. The molecule has 3 aromatic carbocycles. The molecule has 0 aliphatic rings. The number of rotatable bonds is 7. The van der Waals surface area contributed by atoms with Crippen LogP contribution in [0.5, 0.6) is 11.5 Å². The average Bonchev–Trinajstić information content (AvgIpc) is 2.74. The van der Waals surface area contributed by atoms with E-state index in [-0.39, 0.29) is 16.3 Å². The molecule has 164 valence electrons. The molecule has 1 unspecified atom stereocenters. The van der Waals surface area contributed by atoms with Crippen molar-refractivity contribution in [1.82, 2.24) is 5.43 Å². The number of hydrogen-bond acceptors (Lipinski definition) is 5. The molecule has 0 heterocycles. The highest BCUT2D eigenvalue weighted by atomic mass is 35.5. The van der Waals surface area contributed by atoms with Crippen LogP contribution >= 0.6 is 34.8 Å². The number of carbonyl (C=O) groups is 2. The van der Waals surface area contributed by atoms with Gasteiger partial charge in [-0.3, -0.25) is 4.79 Å². The Morgan fingerprint density at radius 2 is 1.66 bits per heavy atom. The van der Waals surface area contributed by atoms with E-state index in [0.29, 0.717) is 21.4 Å². The molecule has 0 fully saturated rings. The third kappa shape index (κ3) is 6.72. The maximum absolute atomic E-state index is 12.3. The smallest absolute Gasteiger partial charge is 0.345 e. The molecule has 3 rings (SSSR count). The molecule has 0 aliphatic carbocycles. The molecule has 0 saturated heterocycles. The van der Waals surface area contributed by atoms with Crippen molar-refractivity contribution in [2.75, 3.05) is 0 Å². The lowest BCUT2D eigenvalue weighted by atomic mass is 10.2. The third-order valence-corrected chi connectivity index (χ3v) is 4.87. The Morgan fingerprint density at radius 1 is 0.938 bits per heavy atom. The molecule has 0 aromatic heterocycles. The lowest BCUT2D eigenvalue weighted by Crippen LogP contribution is -2.33. The van der Waals surface area contributed by atoms with Gasteiger partial charge in [0, 0.05) is 10.0 Å². The molecule has 1 N–H and O–H groups in total. The zero-order valence-corrected chi connectivity index (χ0v) is 19.0. The number of ether oxygens (including phenoxy) is 2. The quantitative estimate of drug-likeness (QED) is 0.197. The number of benzene rings is 3. The highest BCUT2D eigenvalue weighted by molar-refractivity contribution is 6.36. The van der Waals surface area contributed by atoms with Gasteiger partial charge in [-0.1, -0.05) is 53.0 Å². The van der Waals surface area contributed by atoms with E-state index in [1.807, 2.05) is 0 Å².